The van der Waals surface area contributed by atoms with Crippen molar-refractivity contribution >= 4 is 31.0 Å². The smallest absolute Gasteiger partial charge is 0.373 e. The molecule has 0 aliphatic carbocycles. The van der Waals surface area contributed by atoms with Crippen molar-refractivity contribution in [2.24, 2.45) is 0 Å². The average molecular weight is 361 g/mol. The topological polar surface area (TPSA) is 82.4 Å². The van der Waals surface area contributed by atoms with Gasteiger partial charge in [0.2, 0.25) is 10.0 Å². The van der Waals surface area contributed by atoms with Gasteiger partial charge in [-0.05, 0) is 12.1 Å². The fraction of sp³-hybridized carbons (Fsp3) is 0.200. The Morgan fingerprint density at radius 3 is 2.23 bits per heavy atom. The molecular weight excluding hydrogens is 354 g/mol. The monoisotopic (exact) mass is 361 g/mol. The maximum absolute atomic E-state index is 13.6. The van der Waals surface area contributed by atoms with Crippen molar-refractivity contribution in [3.8, 4) is 5.75 Å². The molecule has 12 heteroatoms. The molecular formula is C10H7F4NO5S2. The van der Waals surface area contributed by atoms with Crippen LogP contribution in [0, 0.1) is 5.82 Å². The van der Waals surface area contributed by atoms with Crippen LogP contribution in [0.5, 0.6) is 5.75 Å². The SMILES string of the molecule is CS(=O)(=O)n1ccc2cc(F)c(OS(=O)(=O)C(F)(F)F)cc21. The standard InChI is InChI=1S/C10H7F4NO5S2/c1-21(16,17)15-3-2-6-4-7(11)9(5-8(6)15)20-22(18,19)10(12,13)14/h2-5H,1H3. The molecule has 0 amide bonds. The van der Waals surface area contributed by atoms with E-state index >= 15 is 0 Å². The summed E-state index contributed by atoms with van der Waals surface area (Å²) >= 11 is 0. The third-order valence-corrected chi connectivity index (χ3v) is 4.55. The van der Waals surface area contributed by atoms with Crippen molar-refractivity contribution < 1.29 is 38.6 Å². The first kappa shape index (κ1) is 16.5. The molecule has 1 aromatic carbocycles. The largest absolute Gasteiger partial charge is 0.534 e. The van der Waals surface area contributed by atoms with E-state index in [1.54, 1.807) is 0 Å². The average Bonchev–Trinajstić information content (AvgIpc) is 2.69. The number of halogens is 4. The van der Waals surface area contributed by atoms with Crippen molar-refractivity contribution in [2.75, 3.05) is 6.26 Å². The Balaban J connectivity index is 2.64. The lowest BCUT2D eigenvalue weighted by Crippen LogP contribution is -2.28. The molecule has 0 saturated heterocycles. The normalized spacial score (nSPS) is 13.5. The van der Waals surface area contributed by atoms with Crippen molar-refractivity contribution in [1.82, 2.24) is 3.97 Å². The maximum atomic E-state index is 13.6. The first-order valence-electron chi connectivity index (χ1n) is 5.35. The van der Waals surface area contributed by atoms with E-state index in [9.17, 15) is 34.4 Å². The molecule has 0 aliphatic heterocycles. The summed E-state index contributed by atoms with van der Waals surface area (Å²) in [6.07, 6.45) is 1.85. The lowest BCUT2D eigenvalue weighted by atomic mass is 10.2. The lowest BCUT2D eigenvalue weighted by Gasteiger charge is -2.10. The highest BCUT2D eigenvalue weighted by molar-refractivity contribution is 7.89. The molecule has 6 nitrogen and oxygen atoms in total. The fourth-order valence-electron chi connectivity index (χ4n) is 1.63. The van der Waals surface area contributed by atoms with Gasteiger partial charge in [0.05, 0.1) is 11.8 Å². The van der Waals surface area contributed by atoms with Crippen molar-refractivity contribution in [1.29, 1.82) is 0 Å². The number of aromatic nitrogens is 1. The zero-order valence-electron chi connectivity index (χ0n) is 10.6. The summed E-state index contributed by atoms with van der Waals surface area (Å²) in [5.74, 6) is -2.64. The predicted octanol–water partition coefficient (Wildman–Crippen LogP) is 1.82. The molecule has 0 spiro atoms. The summed E-state index contributed by atoms with van der Waals surface area (Å²) in [5.41, 5.74) is -5.97. The number of benzene rings is 1. The van der Waals surface area contributed by atoms with Gasteiger partial charge in [-0.2, -0.15) is 21.6 Å². The van der Waals surface area contributed by atoms with E-state index in [0.717, 1.165) is 12.5 Å². The number of alkyl halides is 3. The van der Waals surface area contributed by atoms with Crippen LogP contribution in [0.2, 0.25) is 0 Å². The molecule has 0 bridgehead atoms. The van der Waals surface area contributed by atoms with Gasteiger partial charge in [-0.3, -0.25) is 0 Å². The molecule has 22 heavy (non-hydrogen) atoms. The Morgan fingerprint density at radius 1 is 1.14 bits per heavy atom. The molecule has 0 unspecified atom stereocenters. The molecule has 1 heterocycles. The van der Waals surface area contributed by atoms with Crippen LogP contribution >= 0.6 is 0 Å². The first-order valence-corrected chi connectivity index (χ1v) is 8.60. The molecule has 0 N–H and O–H groups in total. The third-order valence-electron chi connectivity index (χ3n) is 2.55. The molecule has 0 atom stereocenters. The van der Waals surface area contributed by atoms with Crippen LogP contribution < -0.4 is 4.18 Å². The minimum atomic E-state index is -6.07. The van der Waals surface area contributed by atoms with E-state index in [-0.39, 0.29) is 10.9 Å². The summed E-state index contributed by atoms with van der Waals surface area (Å²) in [7, 11) is -9.89. The van der Waals surface area contributed by atoms with Gasteiger partial charge in [0.15, 0.2) is 11.6 Å². The number of fused-ring (bicyclic) bond motifs is 1. The summed E-state index contributed by atoms with van der Waals surface area (Å²) < 4.78 is 99.4. The van der Waals surface area contributed by atoms with E-state index in [1.165, 1.54) is 6.07 Å². The quantitative estimate of drug-likeness (QED) is 0.473. The van der Waals surface area contributed by atoms with Crippen molar-refractivity contribution in [2.45, 2.75) is 5.51 Å². The molecule has 1 aromatic heterocycles. The second-order valence-electron chi connectivity index (χ2n) is 4.20. The van der Waals surface area contributed by atoms with Crippen molar-refractivity contribution in [3.63, 3.8) is 0 Å². The Hall–Kier alpha value is -1.82. The molecule has 2 rings (SSSR count). The van der Waals surface area contributed by atoms with Gasteiger partial charge >= 0.3 is 15.6 Å². The summed E-state index contributed by atoms with van der Waals surface area (Å²) in [6.45, 7) is 0. The number of hydrogen-bond acceptors (Lipinski definition) is 5. The highest BCUT2D eigenvalue weighted by Crippen LogP contribution is 2.31. The van der Waals surface area contributed by atoms with Gasteiger partial charge in [0.25, 0.3) is 0 Å². The van der Waals surface area contributed by atoms with Crippen LogP contribution in [-0.4, -0.2) is 32.6 Å². The second kappa shape index (κ2) is 4.84. The zero-order chi connectivity index (χ0) is 16.9. The Labute approximate surface area is 122 Å². The Morgan fingerprint density at radius 2 is 1.73 bits per heavy atom. The lowest BCUT2D eigenvalue weighted by molar-refractivity contribution is -0.0500. The molecule has 0 saturated carbocycles. The van der Waals surface area contributed by atoms with Gasteiger partial charge < -0.3 is 4.18 Å². The molecule has 0 aliphatic rings. The molecule has 0 radical (unpaired) electrons. The predicted molar refractivity (Wildman–Crippen MR) is 67.7 cm³/mol. The molecule has 2 aromatic rings. The van der Waals surface area contributed by atoms with E-state index in [2.05, 4.69) is 4.18 Å². The summed E-state index contributed by atoms with van der Waals surface area (Å²) in [6, 6.07) is 2.43. The minimum absolute atomic E-state index is 0.0414. The van der Waals surface area contributed by atoms with Crippen LogP contribution in [0.25, 0.3) is 10.9 Å². The van der Waals surface area contributed by atoms with Crippen molar-refractivity contribution in [3.05, 3.63) is 30.2 Å². The minimum Gasteiger partial charge on any atom is -0.373 e. The van der Waals surface area contributed by atoms with E-state index in [1.807, 2.05) is 0 Å². The summed E-state index contributed by atoms with van der Waals surface area (Å²) in [5, 5.41) is 0.0414. The fourth-order valence-corrected chi connectivity index (χ4v) is 2.89. The van der Waals surface area contributed by atoms with Crippen LogP contribution in [0.4, 0.5) is 17.6 Å². The van der Waals surface area contributed by atoms with E-state index in [0.29, 0.717) is 16.1 Å². The highest BCUT2D eigenvalue weighted by Gasteiger charge is 2.49. The zero-order valence-corrected chi connectivity index (χ0v) is 12.3. The van der Waals surface area contributed by atoms with Gasteiger partial charge in [-0.15, -0.1) is 0 Å². The van der Waals surface area contributed by atoms with Crippen LogP contribution in [0.1, 0.15) is 0 Å². The van der Waals surface area contributed by atoms with Gasteiger partial charge in [0, 0.05) is 17.6 Å². The molecule has 0 fully saturated rings. The van der Waals surface area contributed by atoms with E-state index in [4.69, 9.17) is 0 Å². The first-order chi connectivity index (χ1) is 9.83. The third kappa shape index (κ3) is 2.88. The van der Waals surface area contributed by atoms with E-state index < -0.39 is 37.2 Å². The number of rotatable bonds is 3. The van der Waals surface area contributed by atoms with Crippen LogP contribution in [-0.2, 0) is 20.1 Å². The number of nitrogens with zero attached hydrogens (tertiary/aromatic N) is 1. The van der Waals surface area contributed by atoms with Gasteiger partial charge in [0.1, 0.15) is 0 Å². The van der Waals surface area contributed by atoms with Gasteiger partial charge in [-0.25, -0.2) is 16.8 Å². The van der Waals surface area contributed by atoms with Crippen LogP contribution in [0.3, 0.4) is 0 Å². The molecule has 122 valence electrons. The summed E-state index contributed by atoms with van der Waals surface area (Å²) in [4.78, 5) is 0. The second-order valence-corrected chi connectivity index (χ2v) is 7.60. The Bertz CT molecular complexity index is 944. The Kier molecular flexibility index (Phi) is 3.64. The maximum Gasteiger partial charge on any atom is 0.534 e. The highest BCUT2D eigenvalue weighted by atomic mass is 32.2. The van der Waals surface area contributed by atoms with Gasteiger partial charge in [-0.1, -0.05) is 0 Å². The number of hydrogen-bond donors (Lipinski definition) is 0. The van der Waals surface area contributed by atoms with Crippen LogP contribution in [0.15, 0.2) is 24.4 Å².